The summed E-state index contributed by atoms with van der Waals surface area (Å²) >= 11 is 3.37. The highest BCUT2D eigenvalue weighted by atomic mass is 79.9. The maximum absolute atomic E-state index is 10.9. The summed E-state index contributed by atoms with van der Waals surface area (Å²) in [6.07, 6.45) is 0. The van der Waals surface area contributed by atoms with Crippen LogP contribution in [0.5, 0.6) is 11.5 Å². The van der Waals surface area contributed by atoms with Crippen LogP contribution in [0.15, 0.2) is 46.9 Å². The first-order valence-corrected chi connectivity index (χ1v) is 6.59. The molecule has 2 aromatic carbocycles. The van der Waals surface area contributed by atoms with Crippen LogP contribution in [-0.4, -0.2) is 12.0 Å². The third-order valence-electron chi connectivity index (χ3n) is 2.69. The average Bonchev–Trinajstić information content (AvgIpc) is 2.45. The molecule has 0 saturated heterocycles. The molecule has 104 valence electrons. The van der Waals surface area contributed by atoms with E-state index in [9.17, 15) is 10.1 Å². The summed E-state index contributed by atoms with van der Waals surface area (Å²) in [6.45, 7) is 0.188. The Labute approximate surface area is 124 Å². The summed E-state index contributed by atoms with van der Waals surface area (Å²) in [6, 6.07) is 11.8. The van der Waals surface area contributed by atoms with Crippen LogP contribution < -0.4 is 9.47 Å². The van der Waals surface area contributed by atoms with Gasteiger partial charge in [0.05, 0.1) is 12.0 Å². The van der Waals surface area contributed by atoms with Crippen molar-refractivity contribution in [3.05, 3.63) is 62.6 Å². The van der Waals surface area contributed by atoms with Crippen molar-refractivity contribution < 1.29 is 14.4 Å². The minimum absolute atomic E-state index is 0.0542. The van der Waals surface area contributed by atoms with Crippen molar-refractivity contribution in [2.75, 3.05) is 7.11 Å². The molecule has 0 atom stereocenters. The topological polar surface area (TPSA) is 61.6 Å². The van der Waals surface area contributed by atoms with Crippen molar-refractivity contribution in [2.45, 2.75) is 6.61 Å². The normalized spacial score (nSPS) is 10.1. The van der Waals surface area contributed by atoms with Crippen LogP contribution in [0.25, 0.3) is 0 Å². The second-order valence-electron chi connectivity index (χ2n) is 3.97. The molecule has 5 nitrogen and oxygen atoms in total. The number of para-hydroxylation sites is 2. The lowest BCUT2D eigenvalue weighted by atomic mass is 10.2. The molecule has 0 spiro atoms. The molecule has 0 aliphatic carbocycles. The van der Waals surface area contributed by atoms with Gasteiger partial charge in [-0.1, -0.05) is 28.1 Å². The summed E-state index contributed by atoms with van der Waals surface area (Å²) in [5, 5.41) is 10.9. The van der Waals surface area contributed by atoms with Gasteiger partial charge >= 0.3 is 5.69 Å². The van der Waals surface area contributed by atoms with Gasteiger partial charge in [-0.3, -0.25) is 10.1 Å². The van der Waals surface area contributed by atoms with E-state index in [4.69, 9.17) is 9.47 Å². The number of halogens is 1. The third kappa shape index (κ3) is 3.27. The Morgan fingerprint density at radius 1 is 1.20 bits per heavy atom. The van der Waals surface area contributed by atoms with Crippen LogP contribution in [0.4, 0.5) is 5.69 Å². The zero-order valence-corrected chi connectivity index (χ0v) is 12.3. The molecule has 20 heavy (non-hydrogen) atoms. The van der Waals surface area contributed by atoms with Crippen molar-refractivity contribution >= 4 is 21.6 Å². The van der Waals surface area contributed by atoms with Gasteiger partial charge in [-0.15, -0.1) is 0 Å². The summed E-state index contributed by atoms with van der Waals surface area (Å²) in [4.78, 5) is 10.4. The lowest BCUT2D eigenvalue weighted by Crippen LogP contribution is -2.01. The van der Waals surface area contributed by atoms with E-state index in [1.54, 1.807) is 25.3 Å². The van der Waals surface area contributed by atoms with Gasteiger partial charge in [0, 0.05) is 16.1 Å². The summed E-state index contributed by atoms with van der Waals surface area (Å²) in [5.41, 5.74) is 0.751. The maximum atomic E-state index is 10.9. The van der Waals surface area contributed by atoms with E-state index in [0.717, 1.165) is 10.0 Å². The SMILES string of the molecule is COc1ccc(Br)cc1COc1ccccc1[N+](=O)[O-]. The van der Waals surface area contributed by atoms with Crippen LogP contribution in [-0.2, 0) is 6.61 Å². The molecule has 0 unspecified atom stereocenters. The van der Waals surface area contributed by atoms with Crippen LogP contribution in [0.3, 0.4) is 0 Å². The monoisotopic (exact) mass is 337 g/mol. The van der Waals surface area contributed by atoms with Crippen molar-refractivity contribution in [3.63, 3.8) is 0 Å². The molecule has 0 amide bonds. The number of hydrogen-bond acceptors (Lipinski definition) is 4. The highest BCUT2D eigenvalue weighted by molar-refractivity contribution is 9.10. The Bertz CT molecular complexity index is 630. The first kappa shape index (κ1) is 14.3. The lowest BCUT2D eigenvalue weighted by Gasteiger charge is -2.10. The van der Waals surface area contributed by atoms with Gasteiger partial charge in [-0.2, -0.15) is 0 Å². The number of nitrogens with zero attached hydrogens (tertiary/aromatic N) is 1. The van der Waals surface area contributed by atoms with Gasteiger partial charge in [0.25, 0.3) is 0 Å². The molecular formula is C14H12BrNO4. The predicted octanol–water partition coefficient (Wildman–Crippen LogP) is 3.94. The molecule has 0 radical (unpaired) electrons. The molecule has 0 aromatic heterocycles. The van der Waals surface area contributed by atoms with Crippen LogP contribution in [0, 0.1) is 10.1 Å². The summed E-state index contributed by atoms with van der Waals surface area (Å²) in [5.74, 6) is 0.909. The Hall–Kier alpha value is -2.08. The number of methoxy groups -OCH3 is 1. The second-order valence-corrected chi connectivity index (χ2v) is 4.89. The van der Waals surface area contributed by atoms with Crippen LogP contribution >= 0.6 is 15.9 Å². The molecule has 2 rings (SSSR count). The minimum atomic E-state index is -0.465. The molecule has 0 aliphatic rings. The highest BCUT2D eigenvalue weighted by Gasteiger charge is 2.14. The minimum Gasteiger partial charge on any atom is -0.496 e. The van der Waals surface area contributed by atoms with E-state index >= 15 is 0 Å². The van der Waals surface area contributed by atoms with Gasteiger partial charge in [0.1, 0.15) is 12.4 Å². The molecule has 6 heteroatoms. The fraction of sp³-hybridized carbons (Fsp3) is 0.143. The van der Waals surface area contributed by atoms with Crippen molar-refractivity contribution in [1.29, 1.82) is 0 Å². The third-order valence-corrected chi connectivity index (χ3v) is 3.18. The molecule has 0 fully saturated rings. The quantitative estimate of drug-likeness (QED) is 0.612. The first-order chi connectivity index (χ1) is 9.61. The van der Waals surface area contributed by atoms with E-state index in [2.05, 4.69) is 15.9 Å². The Morgan fingerprint density at radius 2 is 1.95 bits per heavy atom. The first-order valence-electron chi connectivity index (χ1n) is 5.80. The number of ether oxygens (including phenoxy) is 2. The smallest absolute Gasteiger partial charge is 0.310 e. The van der Waals surface area contributed by atoms with E-state index < -0.39 is 4.92 Å². The van der Waals surface area contributed by atoms with E-state index in [1.165, 1.54) is 6.07 Å². The number of nitro groups is 1. The van der Waals surface area contributed by atoms with Gasteiger partial charge in [-0.05, 0) is 24.3 Å². The van der Waals surface area contributed by atoms with E-state index in [0.29, 0.717) is 5.75 Å². The number of benzene rings is 2. The lowest BCUT2D eigenvalue weighted by molar-refractivity contribution is -0.385. The average molecular weight is 338 g/mol. The van der Waals surface area contributed by atoms with E-state index in [-0.39, 0.29) is 18.0 Å². The largest absolute Gasteiger partial charge is 0.496 e. The molecule has 0 N–H and O–H groups in total. The number of rotatable bonds is 5. The second kappa shape index (κ2) is 6.38. The van der Waals surface area contributed by atoms with Crippen molar-refractivity contribution in [2.24, 2.45) is 0 Å². The fourth-order valence-electron chi connectivity index (χ4n) is 1.75. The number of nitro benzene ring substituents is 1. The summed E-state index contributed by atoms with van der Waals surface area (Å²) in [7, 11) is 1.57. The van der Waals surface area contributed by atoms with E-state index in [1.807, 2.05) is 18.2 Å². The zero-order valence-electron chi connectivity index (χ0n) is 10.7. The molecular weight excluding hydrogens is 326 g/mol. The van der Waals surface area contributed by atoms with Crippen LogP contribution in [0.2, 0.25) is 0 Å². The molecule has 2 aromatic rings. The van der Waals surface area contributed by atoms with Crippen molar-refractivity contribution in [1.82, 2.24) is 0 Å². The molecule has 0 bridgehead atoms. The Balaban J connectivity index is 2.21. The maximum Gasteiger partial charge on any atom is 0.310 e. The Morgan fingerprint density at radius 3 is 2.65 bits per heavy atom. The van der Waals surface area contributed by atoms with Gasteiger partial charge < -0.3 is 9.47 Å². The Kier molecular flexibility index (Phi) is 4.57. The highest BCUT2D eigenvalue weighted by Crippen LogP contribution is 2.29. The van der Waals surface area contributed by atoms with Gasteiger partial charge in [0.15, 0.2) is 5.75 Å². The zero-order chi connectivity index (χ0) is 14.5. The van der Waals surface area contributed by atoms with Gasteiger partial charge in [-0.25, -0.2) is 0 Å². The van der Waals surface area contributed by atoms with Crippen LogP contribution in [0.1, 0.15) is 5.56 Å². The molecule has 0 saturated carbocycles. The molecule has 0 aliphatic heterocycles. The molecule has 0 heterocycles. The van der Waals surface area contributed by atoms with Gasteiger partial charge in [0.2, 0.25) is 0 Å². The fourth-order valence-corrected chi connectivity index (χ4v) is 2.15. The number of hydrogen-bond donors (Lipinski definition) is 0. The standard InChI is InChI=1S/C14H12BrNO4/c1-19-13-7-6-11(15)8-10(13)9-20-14-5-3-2-4-12(14)16(17)18/h2-8H,9H2,1H3. The van der Waals surface area contributed by atoms with Crippen molar-refractivity contribution in [3.8, 4) is 11.5 Å². The predicted molar refractivity (Wildman–Crippen MR) is 78.1 cm³/mol. The summed E-state index contributed by atoms with van der Waals surface area (Å²) < 4.78 is 11.7.